The normalized spacial score (nSPS) is 14.1. The van der Waals surface area contributed by atoms with Crippen molar-refractivity contribution in [2.24, 2.45) is 7.05 Å². The number of ether oxygens (including phenoxy) is 2. The molecule has 9 nitrogen and oxygen atoms in total. The monoisotopic (exact) mass is 426 g/mol. The number of nitriles is 1. The summed E-state index contributed by atoms with van der Waals surface area (Å²) >= 11 is 0. The van der Waals surface area contributed by atoms with Gasteiger partial charge in [-0.15, -0.1) is 5.10 Å². The van der Waals surface area contributed by atoms with Crippen LogP contribution in [0.25, 0.3) is 11.4 Å². The van der Waals surface area contributed by atoms with E-state index in [-0.39, 0.29) is 18.4 Å². The number of aryl methyl sites for hydroxylation is 1. The summed E-state index contributed by atoms with van der Waals surface area (Å²) in [5.41, 5.74) is 1.80. The van der Waals surface area contributed by atoms with Gasteiger partial charge in [-0.1, -0.05) is 25.0 Å². The third-order valence-corrected chi connectivity index (χ3v) is 5.49. The summed E-state index contributed by atoms with van der Waals surface area (Å²) in [5, 5.41) is 17.8. The van der Waals surface area contributed by atoms with E-state index in [1.54, 1.807) is 35.8 Å². The number of carbonyl (C=O) groups excluding carboxylic acids is 1. The molecule has 2 heterocycles. The number of nitrogens with zero attached hydrogens (tertiary/aromatic N) is 6. The molecule has 0 N–H and O–H groups in total. The molecule has 1 amide bonds. The number of rotatable bonds is 8. The van der Waals surface area contributed by atoms with Crippen LogP contribution >= 0.6 is 0 Å². The van der Waals surface area contributed by atoms with Gasteiger partial charge in [0, 0.05) is 20.6 Å². The van der Waals surface area contributed by atoms with Gasteiger partial charge in [0.25, 0.3) is 0 Å². The van der Waals surface area contributed by atoms with Crippen molar-refractivity contribution >= 4 is 6.09 Å². The third-order valence-electron chi connectivity index (χ3n) is 5.49. The van der Waals surface area contributed by atoms with Crippen molar-refractivity contribution in [2.45, 2.75) is 64.6 Å². The van der Waals surface area contributed by atoms with Gasteiger partial charge in [0.15, 0.2) is 11.4 Å². The minimum absolute atomic E-state index is 0.0119. The number of hydrogen-bond donors (Lipinski definition) is 0. The molecule has 0 aromatic carbocycles. The van der Waals surface area contributed by atoms with Crippen molar-refractivity contribution in [1.82, 2.24) is 24.9 Å². The zero-order chi connectivity index (χ0) is 22.2. The van der Waals surface area contributed by atoms with E-state index in [1.165, 1.54) is 6.42 Å². The summed E-state index contributed by atoms with van der Waals surface area (Å²) in [4.78, 5) is 18.2. The van der Waals surface area contributed by atoms with Gasteiger partial charge < -0.3 is 14.4 Å². The summed E-state index contributed by atoms with van der Waals surface area (Å²) < 4.78 is 13.0. The highest BCUT2D eigenvalue weighted by Crippen LogP contribution is 2.28. The van der Waals surface area contributed by atoms with Crippen LogP contribution in [0, 0.1) is 11.3 Å². The van der Waals surface area contributed by atoms with Gasteiger partial charge >= 0.3 is 6.09 Å². The Balaban J connectivity index is 1.74. The van der Waals surface area contributed by atoms with E-state index >= 15 is 0 Å². The van der Waals surface area contributed by atoms with Crippen molar-refractivity contribution in [3.05, 3.63) is 23.5 Å². The molecule has 0 bridgehead atoms. The van der Waals surface area contributed by atoms with Gasteiger partial charge in [-0.2, -0.15) is 5.26 Å². The molecule has 1 fully saturated rings. The standard InChI is InChI=1S/C22H30N6O3/c1-4-5-13-27(2)22(29)30-15-19-21(25-26-28(19)3)17-11-12-20(18(14-23)24-17)31-16-9-7-6-8-10-16/h11-12,16H,4-10,13,15H2,1-3H3. The first-order valence-electron chi connectivity index (χ1n) is 10.9. The molecule has 0 saturated heterocycles. The molecular weight excluding hydrogens is 396 g/mol. The second-order valence-electron chi connectivity index (χ2n) is 7.87. The van der Waals surface area contributed by atoms with Gasteiger partial charge in [-0.3, -0.25) is 0 Å². The highest BCUT2D eigenvalue weighted by atomic mass is 16.6. The maximum absolute atomic E-state index is 12.2. The minimum atomic E-state index is -0.400. The number of aromatic nitrogens is 4. The first-order chi connectivity index (χ1) is 15.0. The second-order valence-corrected chi connectivity index (χ2v) is 7.87. The van der Waals surface area contributed by atoms with Crippen LogP contribution in [0.5, 0.6) is 5.75 Å². The van der Waals surface area contributed by atoms with Gasteiger partial charge in [-0.25, -0.2) is 14.5 Å². The van der Waals surface area contributed by atoms with E-state index < -0.39 is 6.09 Å². The van der Waals surface area contributed by atoms with Crippen LogP contribution < -0.4 is 4.74 Å². The molecule has 166 valence electrons. The number of amides is 1. The molecule has 1 aliphatic rings. The van der Waals surface area contributed by atoms with E-state index in [0.29, 0.717) is 29.4 Å². The van der Waals surface area contributed by atoms with Gasteiger partial charge in [0.05, 0.1) is 11.8 Å². The third kappa shape index (κ3) is 5.72. The SMILES string of the molecule is CCCCN(C)C(=O)OCc1c(-c2ccc(OC3CCCCC3)c(C#N)n2)nnn1C. The van der Waals surface area contributed by atoms with Crippen LogP contribution in [-0.4, -0.2) is 50.7 Å². The Morgan fingerprint density at radius 3 is 2.81 bits per heavy atom. The fourth-order valence-corrected chi connectivity index (χ4v) is 3.58. The van der Waals surface area contributed by atoms with E-state index in [2.05, 4.69) is 28.3 Å². The fourth-order valence-electron chi connectivity index (χ4n) is 3.58. The minimum Gasteiger partial charge on any atom is -0.487 e. The Kier molecular flexibility index (Phi) is 7.82. The van der Waals surface area contributed by atoms with E-state index in [9.17, 15) is 10.1 Å². The molecular formula is C22H30N6O3. The summed E-state index contributed by atoms with van der Waals surface area (Å²) in [6.45, 7) is 2.72. The summed E-state index contributed by atoms with van der Waals surface area (Å²) in [5.74, 6) is 0.493. The second kappa shape index (κ2) is 10.8. The number of carbonyl (C=O) groups is 1. The topological polar surface area (TPSA) is 106 Å². The van der Waals surface area contributed by atoms with E-state index in [0.717, 1.165) is 38.5 Å². The van der Waals surface area contributed by atoms with Crippen molar-refractivity contribution in [1.29, 1.82) is 5.26 Å². The first-order valence-corrected chi connectivity index (χ1v) is 10.9. The predicted molar refractivity (Wildman–Crippen MR) is 114 cm³/mol. The maximum atomic E-state index is 12.2. The summed E-state index contributed by atoms with van der Waals surface area (Å²) in [7, 11) is 3.44. The molecule has 2 aromatic heterocycles. The number of hydrogen-bond acceptors (Lipinski definition) is 7. The van der Waals surface area contributed by atoms with Gasteiger partial charge in [0.1, 0.15) is 24.1 Å². The zero-order valence-corrected chi connectivity index (χ0v) is 18.5. The van der Waals surface area contributed by atoms with Crippen LogP contribution in [0.1, 0.15) is 63.3 Å². The summed E-state index contributed by atoms with van der Waals surface area (Å²) in [6.07, 6.45) is 7.17. The highest BCUT2D eigenvalue weighted by Gasteiger charge is 2.21. The lowest BCUT2D eigenvalue weighted by Gasteiger charge is -2.23. The van der Waals surface area contributed by atoms with Crippen molar-refractivity contribution in [3.8, 4) is 23.2 Å². The molecule has 3 rings (SSSR count). The Morgan fingerprint density at radius 1 is 1.32 bits per heavy atom. The van der Waals surface area contributed by atoms with Crippen LogP contribution in [-0.2, 0) is 18.4 Å². The van der Waals surface area contributed by atoms with Crippen molar-refractivity contribution in [3.63, 3.8) is 0 Å². The van der Waals surface area contributed by atoms with Gasteiger partial charge in [-0.05, 0) is 44.2 Å². The van der Waals surface area contributed by atoms with Crippen LogP contribution in [0.2, 0.25) is 0 Å². The average Bonchev–Trinajstić information content (AvgIpc) is 3.16. The molecule has 1 aliphatic carbocycles. The van der Waals surface area contributed by atoms with Crippen molar-refractivity contribution < 1.29 is 14.3 Å². The molecule has 0 unspecified atom stereocenters. The molecule has 0 aliphatic heterocycles. The smallest absolute Gasteiger partial charge is 0.409 e. The Bertz CT molecular complexity index is 930. The average molecular weight is 427 g/mol. The lowest BCUT2D eigenvalue weighted by molar-refractivity contribution is 0.102. The molecule has 0 spiro atoms. The number of unbranched alkanes of at least 4 members (excludes halogenated alkanes) is 1. The molecule has 2 aromatic rings. The van der Waals surface area contributed by atoms with Crippen LogP contribution in [0.3, 0.4) is 0 Å². The molecule has 31 heavy (non-hydrogen) atoms. The molecule has 0 atom stereocenters. The van der Waals surface area contributed by atoms with Crippen molar-refractivity contribution in [2.75, 3.05) is 13.6 Å². The fraction of sp³-hybridized carbons (Fsp3) is 0.591. The molecule has 0 radical (unpaired) electrons. The molecule has 9 heteroatoms. The highest BCUT2D eigenvalue weighted by molar-refractivity contribution is 5.67. The van der Waals surface area contributed by atoms with E-state index in [4.69, 9.17) is 9.47 Å². The summed E-state index contributed by atoms with van der Waals surface area (Å²) in [6, 6.07) is 5.65. The zero-order valence-electron chi connectivity index (χ0n) is 18.5. The Labute approximate surface area is 183 Å². The van der Waals surface area contributed by atoms with Crippen LogP contribution in [0.4, 0.5) is 4.79 Å². The Hall–Kier alpha value is -3.15. The van der Waals surface area contributed by atoms with Gasteiger partial charge in [0.2, 0.25) is 0 Å². The predicted octanol–water partition coefficient (Wildman–Crippen LogP) is 3.83. The maximum Gasteiger partial charge on any atom is 0.409 e. The number of pyridine rings is 1. The van der Waals surface area contributed by atoms with Crippen LogP contribution in [0.15, 0.2) is 12.1 Å². The largest absolute Gasteiger partial charge is 0.487 e. The quantitative estimate of drug-likeness (QED) is 0.631. The lowest BCUT2D eigenvalue weighted by atomic mass is 9.98. The first kappa shape index (κ1) is 22.5. The lowest BCUT2D eigenvalue weighted by Crippen LogP contribution is -2.28. The Morgan fingerprint density at radius 2 is 2.10 bits per heavy atom. The molecule has 1 saturated carbocycles. The van der Waals surface area contributed by atoms with E-state index in [1.807, 2.05) is 0 Å².